The second-order valence-electron chi connectivity index (χ2n) is 7.61. The summed E-state index contributed by atoms with van der Waals surface area (Å²) in [5, 5.41) is 9.52. The van der Waals surface area contributed by atoms with Crippen LogP contribution in [-0.4, -0.2) is 49.9 Å². The van der Waals surface area contributed by atoms with E-state index in [1.165, 1.54) is 11.3 Å². The van der Waals surface area contributed by atoms with E-state index >= 15 is 0 Å². The van der Waals surface area contributed by atoms with Crippen LogP contribution in [0.5, 0.6) is 0 Å². The SMILES string of the molecule is CN1CCN(c2ccccc2CNC(=O)c2ccccc2NC(=O)c2ccsc2)CC1. The third kappa shape index (κ3) is 5.13. The summed E-state index contributed by atoms with van der Waals surface area (Å²) in [6.45, 7) is 4.42. The molecule has 0 bridgehead atoms. The summed E-state index contributed by atoms with van der Waals surface area (Å²) >= 11 is 1.46. The molecule has 7 heteroatoms. The van der Waals surface area contributed by atoms with Crippen molar-refractivity contribution < 1.29 is 9.59 Å². The van der Waals surface area contributed by atoms with E-state index in [1.807, 2.05) is 23.6 Å². The van der Waals surface area contributed by atoms with Crippen molar-refractivity contribution in [3.05, 3.63) is 82.0 Å². The van der Waals surface area contributed by atoms with Crippen LogP contribution in [-0.2, 0) is 6.54 Å². The highest BCUT2D eigenvalue weighted by atomic mass is 32.1. The van der Waals surface area contributed by atoms with Crippen molar-refractivity contribution in [3.8, 4) is 0 Å². The van der Waals surface area contributed by atoms with Crippen LogP contribution in [0.4, 0.5) is 11.4 Å². The second-order valence-corrected chi connectivity index (χ2v) is 8.39. The van der Waals surface area contributed by atoms with Crippen LogP contribution in [0, 0.1) is 0 Å². The van der Waals surface area contributed by atoms with Gasteiger partial charge < -0.3 is 20.4 Å². The molecule has 2 amide bonds. The lowest BCUT2D eigenvalue weighted by Gasteiger charge is -2.35. The molecule has 0 unspecified atom stereocenters. The van der Waals surface area contributed by atoms with Crippen LogP contribution >= 0.6 is 11.3 Å². The highest BCUT2D eigenvalue weighted by molar-refractivity contribution is 7.08. The van der Waals surface area contributed by atoms with Gasteiger partial charge in [-0.1, -0.05) is 30.3 Å². The van der Waals surface area contributed by atoms with Crippen molar-refractivity contribution in [1.82, 2.24) is 10.2 Å². The number of benzene rings is 2. The minimum absolute atomic E-state index is 0.214. The first kappa shape index (κ1) is 21.1. The summed E-state index contributed by atoms with van der Waals surface area (Å²) in [5.74, 6) is -0.434. The fourth-order valence-electron chi connectivity index (χ4n) is 3.67. The lowest BCUT2D eigenvalue weighted by atomic mass is 10.1. The Bertz CT molecular complexity index is 1040. The number of para-hydroxylation sites is 2. The van der Waals surface area contributed by atoms with Crippen LogP contribution in [0.3, 0.4) is 0 Å². The number of rotatable bonds is 6. The highest BCUT2D eigenvalue weighted by Gasteiger charge is 2.18. The summed E-state index contributed by atoms with van der Waals surface area (Å²) in [7, 11) is 2.14. The molecule has 1 aromatic heterocycles. The number of thiophene rings is 1. The van der Waals surface area contributed by atoms with Gasteiger partial charge in [0, 0.05) is 43.8 Å². The molecule has 3 aromatic rings. The molecular weight excluding hydrogens is 408 g/mol. The largest absolute Gasteiger partial charge is 0.369 e. The van der Waals surface area contributed by atoms with E-state index in [0.717, 1.165) is 37.4 Å². The molecule has 6 nitrogen and oxygen atoms in total. The number of hydrogen-bond donors (Lipinski definition) is 2. The number of carbonyl (C=O) groups excluding carboxylic acids is 2. The summed E-state index contributed by atoms with van der Waals surface area (Å²) in [4.78, 5) is 30.1. The van der Waals surface area contributed by atoms with Crippen molar-refractivity contribution in [2.75, 3.05) is 43.4 Å². The maximum absolute atomic E-state index is 13.0. The average Bonchev–Trinajstić information content (AvgIpc) is 3.34. The van der Waals surface area contributed by atoms with E-state index < -0.39 is 0 Å². The zero-order chi connectivity index (χ0) is 21.6. The van der Waals surface area contributed by atoms with Crippen molar-refractivity contribution in [2.24, 2.45) is 0 Å². The standard InChI is InChI=1S/C24H26N4O2S/c1-27-11-13-28(14-12-27)22-9-5-2-6-18(22)16-25-24(30)20-7-3-4-8-21(20)26-23(29)19-10-15-31-17-19/h2-10,15,17H,11-14,16H2,1H3,(H,25,30)(H,26,29). The Hall–Kier alpha value is -3.16. The molecule has 0 atom stereocenters. The quantitative estimate of drug-likeness (QED) is 0.621. The third-order valence-corrected chi connectivity index (χ3v) is 6.16. The summed E-state index contributed by atoms with van der Waals surface area (Å²) in [5.41, 5.74) is 3.78. The van der Waals surface area contributed by atoms with Gasteiger partial charge >= 0.3 is 0 Å². The van der Waals surface area contributed by atoms with E-state index in [-0.39, 0.29) is 11.8 Å². The van der Waals surface area contributed by atoms with E-state index in [9.17, 15) is 9.59 Å². The number of nitrogens with one attached hydrogen (secondary N) is 2. The predicted octanol–water partition coefficient (Wildman–Crippen LogP) is 3.68. The molecule has 0 spiro atoms. The minimum Gasteiger partial charge on any atom is -0.369 e. The first-order valence-corrected chi connectivity index (χ1v) is 11.3. The zero-order valence-electron chi connectivity index (χ0n) is 17.5. The van der Waals surface area contributed by atoms with Crippen LogP contribution < -0.4 is 15.5 Å². The fourth-order valence-corrected chi connectivity index (χ4v) is 4.30. The first-order valence-electron chi connectivity index (χ1n) is 10.3. The van der Waals surface area contributed by atoms with Crippen molar-refractivity contribution in [3.63, 3.8) is 0 Å². The minimum atomic E-state index is -0.220. The monoisotopic (exact) mass is 434 g/mol. The smallest absolute Gasteiger partial charge is 0.256 e. The molecule has 2 N–H and O–H groups in total. The molecule has 1 aliphatic heterocycles. The van der Waals surface area contributed by atoms with Crippen LogP contribution in [0.1, 0.15) is 26.3 Å². The normalized spacial score (nSPS) is 14.3. The molecule has 31 heavy (non-hydrogen) atoms. The number of carbonyl (C=O) groups is 2. The highest BCUT2D eigenvalue weighted by Crippen LogP contribution is 2.22. The lowest BCUT2D eigenvalue weighted by Crippen LogP contribution is -2.45. The fraction of sp³-hybridized carbons (Fsp3) is 0.250. The Morgan fingerprint density at radius 3 is 2.45 bits per heavy atom. The molecule has 0 aliphatic carbocycles. The zero-order valence-corrected chi connectivity index (χ0v) is 18.3. The molecule has 4 rings (SSSR count). The van der Waals surface area contributed by atoms with Crippen LogP contribution in [0.2, 0.25) is 0 Å². The van der Waals surface area contributed by atoms with Gasteiger partial charge in [-0.2, -0.15) is 11.3 Å². The van der Waals surface area contributed by atoms with E-state index in [1.54, 1.807) is 29.6 Å². The number of likely N-dealkylation sites (N-methyl/N-ethyl adjacent to an activating group) is 1. The lowest BCUT2D eigenvalue weighted by molar-refractivity contribution is 0.0952. The topological polar surface area (TPSA) is 64.7 Å². The predicted molar refractivity (Wildman–Crippen MR) is 126 cm³/mol. The van der Waals surface area contributed by atoms with E-state index in [2.05, 4.69) is 39.6 Å². The Kier molecular flexibility index (Phi) is 6.64. The van der Waals surface area contributed by atoms with Gasteiger partial charge in [0.15, 0.2) is 0 Å². The van der Waals surface area contributed by atoms with E-state index in [0.29, 0.717) is 23.4 Å². The van der Waals surface area contributed by atoms with Gasteiger partial charge in [-0.25, -0.2) is 0 Å². The van der Waals surface area contributed by atoms with Crippen LogP contribution in [0.15, 0.2) is 65.4 Å². The van der Waals surface area contributed by atoms with Gasteiger partial charge in [0.2, 0.25) is 0 Å². The number of nitrogens with zero attached hydrogens (tertiary/aromatic N) is 2. The van der Waals surface area contributed by atoms with Crippen molar-refractivity contribution in [2.45, 2.75) is 6.54 Å². The van der Waals surface area contributed by atoms with Crippen molar-refractivity contribution in [1.29, 1.82) is 0 Å². The third-order valence-electron chi connectivity index (χ3n) is 5.48. The number of anilines is 2. The Labute approximate surface area is 186 Å². The summed E-state index contributed by atoms with van der Waals surface area (Å²) in [6.07, 6.45) is 0. The first-order chi connectivity index (χ1) is 15.1. The number of amides is 2. The molecule has 2 heterocycles. The maximum atomic E-state index is 13.0. The molecule has 1 aliphatic rings. The summed E-state index contributed by atoms with van der Waals surface area (Å²) in [6, 6.07) is 17.0. The van der Waals surface area contributed by atoms with Gasteiger partial charge in [0.25, 0.3) is 11.8 Å². The van der Waals surface area contributed by atoms with Gasteiger partial charge in [-0.05, 0) is 42.3 Å². The molecule has 2 aromatic carbocycles. The molecule has 160 valence electrons. The Balaban J connectivity index is 1.45. The number of piperazine rings is 1. The van der Waals surface area contributed by atoms with Gasteiger partial charge in [-0.15, -0.1) is 0 Å². The molecule has 0 radical (unpaired) electrons. The number of hydrogen-bond acceptors (Lipinski definition) is 5. The average molecular weight is 435 g/mol. The second kappa shape index (κ2) is 9.76. The molecule has 1 saturated heterocycles. The van der Waals surface area contributed by atoms with Gasteiger partial charge in [0.05, 0.1) is 16.8 Å². The Morgan fingerprint density at radius 1 is 0.935 bits per heavy atom. The van der Waals surface area contributed by atoms with Crippen molar-refractivity contribution >= 4 is 34.5 Å². The van der Waals surface area contributed by atoms with Gasteiger partial charge in [0.1, 0.15) is 0 Å². The Morgan fingerprint density at radius 2 is 1.68 bits per heavy atom. The van der Waals surface area contributed by atoms with E-state index in [4.69, 9.17) is 0 Å². The molecule has 0 saturated carbocycles. The van der Waals surface area contributed by atoms with Gasteiger partial charge in [-0.3, -0.25) is 9.59 Å². The molecular formula is C24H26N4O2S. The summed E-state index contributed by atoms with van der Waals surface area (Å²) < 4.78 is 0. The van der Waals surface area contributed by atoms with Crippen LogP contribution in [0.25, 0.3) is 0 Å². The molecule has 1 fully saturated rings. The maximum Gasteiger partial charge on any atom is 0.256 e.